The number of rotatable bonds is 6. The van der Waals surface area contributed by atoms with Gasteiger partial charge in [-0.1, -0.05) is 12.1 Å². The van der Waals surface area contributed by atoms with Crippen molar-refractivity contribution in [2.45, 2.75) is 25.9 Å². The number of benzene rings is 2. The molecule has 170 valence electrons. The number of imide groups is 1. The fraction of sp³-hybridized carbons (Fsp3) is 0.217. The van der Waals surface area contributed by atoms with E-state index in [0.29, 0.717) is 16.9 Å². The van der Waals surface area contributed by atoms with Crippen LogP contribution in [0, 0.1) is 18.6 Å². The summed E-state index contributed by atoms with van der Waals surface area (Å²) in [4.78, 5) is 45.6. The molecule has 0 aliphatic carbocycles. The van der Waals surface area contributed by atoms with Gasteiger partial charge in [-0.05, 0) is 55.8 Å². The first-order valence-electron chi connectivity index (χ1n) is 10.0. The smallest absolute Gasteiger partial charge is 0.319 e. The van der Waals surface area contributed by atoms with Gasteiger partial charge in [0.2, 0.25) is 5.91 Å². The second kappa shape index (κ2) is 8.70. The molecule has 4 rings (SSSR count). The minimum atomic E-state index is -1.43. The molecule has 1 saturated heterocycles. The first kappa shape index (κ1) is 22.5. The summed E-state index contributed by atoms with van der Waals surface area (Å²) < 4.78 is 26.8. The van der Waals surface area contributed by atoms with E-state index in [1.807, 2.05) is 6.92 Å². The van der Waals surface area contributed by atoms with Gasteiger partial charge in [-0.15, -0.1) is 11.3 Å². The van der Waals surface area contributed by atoms with Gasteiger partial charge in [0.05, 0.1) is 17.2 Å². The van der Waals surface area contributed by atoms with E-state index in [9.17, 15) is 23.2 Å². The van der Waals surface area contributed by atoms with Gasteiger partial charge in [0, 0.05) is 11.1 Å². The maximum absolute atomic E-state index is 13.4. The molecule has 33 heavy (non-hydrogen) atoms. The fourth-order valence-corrected chi connectivity index (χ4v) is 4.23. The maximum atomic E-state index is 13.4. The van der Waals surface area contributed by atoms with Crippen molar-refractivity contribution in [1.82, 2.24) is 15.2 Å². The zero-order valence-corrected chi connectivity index (χ0v) is 18.7. The highest BCUT2D eigenvalue weighted by Gasteiger charge is 2.49. The average Bonchev–Trinajstić information content (AvgIpc) is 3.29. The van der Waals surface area contributed by atoms with Crippen LogP contribution in [-0.4, -0.2) is 34.3 Å². The molecule has 0 spiro atoms. The van der Waals surface area contributed by atoms with Crippen LogP contribution in [0.2, 0.25) is 0 Å². The summed E-state index contributed by atoms with van der Waals surface area (Å²) in [6.07, 6.45) is 0. The van der Waals surface area contributed by atoms with Gasteiger partial charge >= 0.3 is 6.03 Å². The van der Waals surface area contributed by atoms with E-state index in [1.165, 1.54) is 71.7 Å². The number of urea groups is 1. The number of anilines is 1. The maximum Gasteiger partial charge on any atom is 0.325 e. The van der Waals surface area contributed by atoms with E-state index < -0.39 is 41.6 Å². The van der Waals surface area contributed by atoms with Crippen molar-refractivity contribution >= 4 is 34.9 Å². The molecule has 1 aromatic heterocycles. The summed E-state index contributed by atoms with van der Waals surface area (Å²) in [5.41, 5.74) is -0.00731. The Morgan fingerprint density at radius 2 is 1.70 bits per heavy atom. The quantitative estimate of drug-likeness (QED) is 0.557. The van der Waals surface area contributed by atoms with Crippen LogP contribution >= 0.6 is 11.3 Å². The van der Waals surface area contributed by atoms with E-state index in [1.54, 1.807) is 5.38 Å². The summed E-state index contributed by atoms with van der Waals surface area (Å²) in [6, 6.07) is 9.82. The number of amides is 4. The molecule has 2 aromatic carbocycles. The summed E-state index contributed by atoms with van der Waals surface area (Å²) in [7, 11) is 0. The Balaban J connectivity index is 1.59. The molecule has 2 heterocycles. The van der Waals surface area contributed by atoms with Crippen LogP contribution in [0.5, 0.6) is 0 Å². The van der Waals surface area contributed by atoms with Crippen LogP contribution in [0.3, 0.4) is 0 Å². The van der Waals surface area contributed by atoms with Crippen molar-refractivity contribution in [3.05, 3.63) is 81.8 Å². The molecule has 1 fully saturated rings. The van der Waals surface area contributed by atoms with E-state index in [0.717, 1.165) is 9.91 Å². The molecule has 10 heteroatoms. The number of hydrogen-bond donors (Lipinski definition) is 1. The number of thiazole rings is 1. The fourth-order valence-electron chi connectivity index (χ4n) is 3.63. The van der Waals surface area contributed by atoms with Gasteiger partial charge in [0.1, 0.15) is 23.7 Å². The number of hydrogen-bond acceptors (Lipinski definition) is 5. The largest absolute Gasteiger partial charge is 0.325 e. The topological polar surface area (TPSA) is 82.6 Å². The third kappa shape index (κ3) is 4.47. The second-order valence-electron chi connectivity index (χ2n) is 7.77. The number of aromatic nitrogens is 1. The Kier molecular flexibility index (Phi) is 5.94. The van der Waals surface area contributed by atoms with Crippen molar-refractivity contribution in [3.8, 4) is 0 Å². The molecule has 1 aliphatic heterocycles. The molecule has 0 radical (unpaired) electrons. The lowest BCUT2D eigenvalue weighted by molar-refractivity contribution is -0.134. The van der Waals surface area contributed by atoms with Gasteiger partial charge in [-0.25, -0.2) is 18.6 Å². The average molecular weight is 471 g/mol. The van der Waals surface area contributed by atoms with Crippen molar-refractivity contribution < 1.29 is 23.2 Å². The van der Waals surface area contributed by atoms with Gasteiger partial charge in [-0.2, -0.15) is 0 Å². The molecule has 1 unspecified atom stereocenters. The summed E-state index contributed by atoms with van der Waals surface area (Å²) in [6.45, 7) is 2.90. The molecule has 1 N–H and O–H groups in total. The Morgan fingerprint density at radius 3 is 2.27 bits per heavy atom. The lowest BCUT2D eigenvalue weighted by Gasteiger charge is -2.25. The number of nitrogens with zero attached hydrogens (tertiary/aromatic N) is 3. The van der Waals surface area contributed by atoms with Crippen molar-refractivity contribution in [1.29, 1.82) is 0 Å². The number of carbonyl (C=O) groups excluding carboxylic acids is 3. The molecule has 0 saturated carbocycles. The first-order valence-corrected chi connectivity index (χ1v) is 10.9. The molecule has 0 bridgehead atoms. The van der Waals surface area contributed by atoms with Crippen LogP contribution < -0.4 is 10.2 Å². The van der Waals surface area contributed by atoms with Crippen molar-refractivity contribution in [3.63, 3.8) is 0 Å². The second-order valence-corrected chi connectivity index (χ2v) is 8.83. The number of halogens is 2. The summed E-state index contributed by atoms with van der Waals surface area (Å²) in [5.74, 6) is -2.10. The number of aryl methyl sites for hydroxylation is 1. The van der Waals surface area contributed by atoms with E-state index in [-0.39, 0.29) is 6.54 Å². The minimum absolute atomic E-state index is 0.0910. The van der Waals surface area contributed by atoms with Crippen LogP contribution in [0.25, 0.3) is 0 Å². The Morgan fingerprint density at radius 1 is 1.09 bits per heavy atom. The Hall–Kier alpha value is -3.66. The highest BCUT2D eigenvalue weighted by Crippen LogP contribution is 2.29. The minimum Gasteiger partial charge on any atom is -0.319 e. The van der Waals surface area contributed by atoms with Crippen LogP contribution in [0.1, 0.15) is 23.2 Å². The van der Waals surface area contributed by atoms with Crippen LogP contribution in [0.4, 0.5) is 19.3 Å². The van der Waals surface area contributed by atoms with E-state index in [4.69, 9.17) is 0 Å². The molecule has 1 aliphatic rings. The third-order valence-corrected chi connectivity index (χ3v) is 6.24. The lowest BCUT2D eigenvalue weighted by atomic mass is 9.92. The number of carbonyl (C=O) groups is 3. The zero-order chi connectivity index (χ0) is 23.8. The van der Waals surface area contributed by atoms with Crippen molar-refractivity contribution in [2.75, 3.05) is 11.4 Å². The molecular weight excluding hydrogens is 450 g/mol. The van der Waals surface area contributed by atoms with Gasteiger partial charge in [0.25, 0.3) is 5.91 Å². The normalized spacial score (nSPS) is 17.9. The summed E-state index contributed by atoms with van der Waals surface area (Å²) >= 11 is 1.42. The monoisotopic (exact) mass is 470 g/mol. The molecule has 7 nitrogen and oxygen atoms in total. The van der Waals surface area contributed by atoms with E-state index in [2.05, 4.69) is 10.3 Å². The van der Waals surface area contributed by atoms with Crippen molar-refractivity contribution in [2.24, 2.45) is 0 Å². The highest BCUT2D eigenvalue weighted by molar-refractivity contribution is 7.09. The summed E-state index contributed by atoms with van der Waals surface area (Å²) in [5, 5.41) is 5.22. The van der Waals surface area contributed by atoms with E-state index >= 15 is 0 Å². The number of nitrogens with one attached hydrogen (secondary N) is 1. The van der Waals surface area contributed by atoms with Crippen LogP contribution in [-0.2, 0) is 21.7 Å². The Bertz CT molecular complexity index is 1210. The SMILES string of the molecule is Cc1nc(CN(C(=O)CN2C(=O)NC(C)(c3ccc(F)cc3)C2=O)c2ccc(F)cc2)cs1. The predicted molar refractivity (Wildman–Crippen MR) is 118 cm³/mol. The van der Waals surface area contributed by atoms with Gasteiger partial charge in [0.15, 0.2) is 0 Å². The van der Waals surface area contributed by atoms with Crippen LogP contribution in [0.15, 0.2) is 53.9 Å². The third-order valence-electron chi connectivity index (χ3n) is 5.42. The predicted octanol–water partition coefficient (Wildman–Crippen LogP) is 3.73. The Labute approximate surface area is 192 Å². The van der Waals surface area contributed by atoms with Gasteiger partial charge < -0.3 is 10.2 Å². The highest BCUT2D eigenvalue weighted by atomic mass is 32.1. The zero-order valence-electron chi connectivity index (χ0n) is 17.8. The first-order chi connectivity index (χ1) is 15.7. The molecule has 4 amide bonds. The van der Waals surface area contributed by atoms with Gasteiger partial charge in [-0.3, -0.25) is 14.5 Å². The lowest BCUT2D eigenvalue weighted by Crippen LogP contribution is -2.44. The molecule has 1 atom stereocenters. The molecule has 3 aromatic rings. The molecular formula is C23H20F2N4O3S. The standard InChI is InChI=1S/C23H20F2N4O3S/c1-14-26-18(13-33-14)11-28(19-9-7-17(25)8-10-19)20(30)12-29-21(31)23(2,27-22(29)32)15-3-5-16(24)6-4-15/h3-10,13H,11-12H2,1-2H3,(H,27,32).